The fraction of sp³-hybridized carbons (Fsp3) is 0.150. The molecule has 0 atom stereocenters. The van der Waals surface area contributed by atoms with Gasteiger partial charge in [-0.2, -0.15) is 10.2 Å². The first kappa shape index (κ1) is 50.1. The smallest absolute Gasteiger partial charge is 0.545 e. The molecule has 0 spiro atoms. The minimum Gasteiger partial charge on any atom is -0.545 e. The molecule has 0 aliphatic rings. The van der Waals surface area contributed by atoms with Crippen molar-refractivity contribution in [2.45, 2.75) is 41.5 Å². The van der Waals surface area contributed by atoms with Crippen molar-refractivity contribution >= 4 is 92.7 Å². The van der Waals surface area contributed by atoms with E-state index in [1.807, 2.05) is 0 Å². The topological polar surface area (TPSA) is 280 Å². The third kappa shape index (κ3) is 13.5. The molecular weight excluding hydrogens is 798 g/mol. The summed E-state index contributed by atoms with van der Waals surface area (Å²) in [5.41, 5.74) is 6.49. The van der Waals surface area contributed by atoms with Gasteiger partial charge in [0.25, 0.3) is 11.8 Å². The van der Waals surface area contributed by atoms with Gasteiger partial charge >= 0.3 is 59.1 Å². The van der Waals surface area contributed by atoms with Crippen LogP contribution in [-0.2, 0) is 28.8 Å². The Morgan fingerprint density at radius 1 is 0.467 bits per heavy atom. The number of rotatable bonds is 15. The molecule has 60 heavy (non-hydrogen) atoms. The van der Waals surface area contributed by atoms with E-state index in [1.165, 1.54) is 38.1 Å². The molecular formula is C40H36N8Na2O10. The van der Waals surface area contributed by atoms with Gasteiger partial charge < -0.3 is 41.1 Å². The molecule has 0 heterocycles. The number of aryl methyl sites for hydroxylation is 2. The standard InChI is InChI=1S/C40H38N8O10.2Na/c1-19-15-25(7-11-31(19)43-37(53)35(21(3)49)47-45-33-13-9-27(41-23(5)51)17-29(33)39(55)56)26-8-12-32(20(2)16-26)44-38(54)36(22(4)50)48-46-34-14-10-28(42-24(6)52)18-30(34)40(57)58;;/h7-18,45-46H,1-6H3,(H,41,51)(H,42,52)(H,43,53)(H,44,54)(H,55,56)(H,57,58);;/q;2*+1/p-2/b47-35+,48-36+;;. The Hall–Kier alpha value is -6.02. The molecule has 4 aromatic carbocycles. The summed E-state index contributed by atoms with van der Waals surface area (Å²) >= 11 is 0. The number of carboxylic acids is 2. The molecule has 0 aromatic heterocycles. The molecule has 0 bridgehead atoms. The maximum atomic E-state index is 13.2. The third-order valence-electron chi connectivity index (χ3n) is 8.08. The zero-order valence-corrected chi connectivity index (χ0v) is 37.9. The van der Waals surface area contributed by atoms with Crippen LogP contribution in [0.1, 0.15) is 59.5 Å². The number of carbonyl (C=O) groups is 8. The van der Waals surface area contributed by atoms with Gasteiger partial charge in [-0.25, -0.2) is 0 Å². The van der Waals surface area contributed by atoms with E-state index in [-0.39, 0.29) is 93.0 Å². The second-order valence-corrected chi connectivity index (χ2v) is 12.7. The van der Waals surface area contributed by atoms with Gasteiger partial charge in [0, 0.05) is 61.6 Å². The number of nitrogens with one attached hydrogen (secondary N) is 6. The van der Waals surface area contributed by atoms with Gasteiger partial charge in [-0.1, -0.05) is 12.1 Å². The number of ketones is 2. The maximum Gasteiger partial charge on any atom is 1.00 e. The molecule has 18 nitrogen and oxygen atoms in total. The average Bonchev–Trinajstić information content (AvgIpc) is 3.13. The Kier molecular flexibility index (Phi) is 18.7. The van der Waals surface area contributed by atoms with Crippen molar-refractivity contribution < 1.29 is 108 Å². The molecule has 6 N–H and O–H groups in total. The van der Waals surface area contributed by atoms with Crippen LogP contribution in [0.4, 0.5) is 34.1 Å². The van der Waals surface area contributed by atoms with E-state index >= 15 is 0 Å². The molecule has 4 rings (SSSR count). The summed E-state index contributed by atoms with van der Waals surface area (Å²) in [5, 5.41) is 41.3. The predicted octanol–water partition coefficient (Wildman–Crippen LogP) is -3.39. The largest absolute Gasteiger partial charge is 1.00 e. The van der Waals surface area contributed by atoms with E-state index in [1.54, 1.807) is 50.2 Å². The molecule has 0 radical (unpaired) electrons. The number of Topliss-reactive ketones (excluding diaryl/α,β-unsaturated/α-hetero) is 2. The zero-order valence-electron chi connectivity index (χ0n) is 33.9. The molecule has 20 heteroatoms. The normalized spacial score (nSPS) is 10.8. The van der Waals surface area contributed by atoms with Gasteiger partial charge in [0.1, 0.15) is 0 Å². The summed E-state index contributed by atoms with van der Waals surface area (Å²) < 4.78 is 0. The van der Waals surface area contributed by atoms with E-state index in [9.17, 15) is 48.6 Å². The summed E-state index contributed by atoms with van der Waals surface area (Å²) in [6, 6.07) is 17.8. The number of carbonyl (C=O) groups excluding carboxylic acids is 8. The predicted molar refractivity (Wildman–Crippen MR) is 212 cm³/mol. The number of anilines is 6. The van der Waals surface area contributed by atoms with E-state index in [0.717, 1.165) is 37.1 Å². The third-order valence-corrected chi connectivity index (χ3v) is 8.08. The van der Waals surface area contributed by atoms with Crippen LogP contribution < -0.4 is 101 Å². The summed E-state index contributed by atoms with van der Waals surface area (Å²) in [4.78, 5) is 97.2. The van der Waals surface area contributed by atoms with Crippen LogP contribution in [0.2, 0.25) is 0 Å². The van der Waals surface area contributed by atoms with Gasteiger partial charge in [0.15, 0.2) is 23.0 Å². The second kappa shape index (κ2) is 22.4. The van der Waals surface area contributed by atoms with Crippen molar-refractivity contribution in [2.24, 2.45) is 10.2 Å². The van der Waals surface area contributed by atoms with E-state index in [4.69, 9.17) is 0 Å². The van der Waals surface area contributed by atoms with Crippen LogP contribution in [-0.4, -0.2) is 58.6 Å². The van der Waals surface area contributed by atoms with Crippen LogP contribution in [0.25, 0.3) is 11.1 Å². The first-order chi connectivity index (χ1) is 27.3. The van der Waals surface area contributed by atoms with Crippen LogP contribution in [0.5, 0.6) is 0 Å². The molecule has 0 fully saturated rings. The Bertz CT molecular complexity index is 2300. The van der Waals surface area contributed by atoms with Crippen LogP contribution in [0, 0.1) is 13.8 Å². The summed E-state index contributed by atoms with van der Waals surface area (Å²) in [6.45, 7) is 8.16. The molecule has 0 saturated carbocycles. The van der Waals surface area contributed by atoms with Gasteiger partial charge in [-0.3, -0.25) is 39.6 Å². The van der Waals surface area contributed by atoms with Crippen molar-refractivity contribution in [1.82, 2.24) is 0 Å². The zero-order chi connectivity index (χ0) is 42.8. The van der Waals surface area contributed by atoms with Gasteiger partial charge in [-0.15, -0.1) is 0 Å². The van der Waals surface area contributed by atoms with E-state index in [2.05, 4.69) is 42.3 Å². The Morgan fingerprint density at radius 2 is 0.800 bits per heavy atom. The SMILES string of the molecule is CC(=O)Nc1ccc(N/N=C(\C(C)=O)C(=O)Nc2ccc(-c3ccc(NC(=O)/C(=N/Nc4ccc(NC(C)=O)cc4C(=O)[O-])C(C)=O)c(C)c3)cc2C)c(C(=O)[O-])c1.[Na+].[Na+]. The van der Waals surface area contributed by atoms with E-state index in [0.29, 0.717) is 22.5 Å². The first-order valence-electron chi connectivity index (χ1n) is 17.1. The molecule has 0 aliphatic carbocycles. The van der Waals surface area contributed by atoms with Gasteiger partial charge in [-0.05, 0) is 96.8 Å². The van der Waals surface area contributed by atoms with Crippen molar-refractivity contribution in [2.75, 3.05) is 32.1 Å². The Balaban J connectivity index is 0.00000620. The minimum absolute atomic E-state index is 0. The van der Waals surface area contributed by atoms with Crippen LogP contribution in [0.15, 0.2) is 83.0 Å². The van der Waals surface area contributed by atoms with Crippen molar-refractivity contribution in [1.29, 1.82) is 0 Å². The maximum absolute atomic E-state index is 13.2. The van der Waals surface area contributed by atoms with Gasteiger partial charge in [0.2, 0.25) is 11.8 Å². The molecule has 0 saturated heterocycles. The number of carboxylic acid groups (broad SMARTS) is 2. The summed E-state index contributed by atoms with van der Waals surface area (Å²) in [5.74, 6) is -7.22. The molecule has 4 aromatic rings. The number of hydrogen-bond acceptors (Lipinski definition) is 14. The number of amides is 4. The fourth-order valence-electron chi connectivity index (χ4n) is 5.32. The average molecular weight is 835 g/mol. The van der Waals surface area contributed by atoms with Crippen molar-refractivity contribution in [3.63, 3.8) is 0 Å². The van der Waals surface area contributed by atoms with Crippen molar-refractivity contribution in [3.8, 4) is 11.1 Å². The second-order valence-electron chi connectivity index (χ2n) is 12.7. The fourth-order valence-corrected chi connectivity index (χ4v) is 5.32. The number of nitrogens with zero attached hydrogens (tertiary/aromatic N) is 2. The number of aromatic carboxylic acids is 2. The van der Waals surface area contributed by atoms with Crippen molar-refractivity contribution in [3.05, 3.63) is 95.1 Å². The Morgan fingerprint density at radius 3 is 1.08 bits per heavy atom. The minimum atomic E-state index is -1.59. The first-order valence-corrected chi connectivity index (χ1v) is 17.1. The quantitative estimate of drug-likeness (QED) is 0.0296. The monoisotopic (exact) mass is 834 g/mol. The number of benzene rings is 4. The Labute approximate surface area is 387 Å². The molecule has 4 amide bonds. The van der Waals surface area contributed by atoms with Gasteiger partial charge in [0.05, 0.1) is 23.3 Å². The molecule has 298 valence electrons. The van der Waals surface area contributed by atoms with Crippen LogP contribution in [0.3, 0.4) is 0 Å². The number of hydrogen-bond donors (Lipinski definition) is 6. The van der Waals surface area contributed by atoms with E-state index < -0.39 is 58.6 Å². The van der Waals surface area contributed by atoms with Crippen LogP contribution >= 0.6 is 0 Å². The summed E-state index contributed by atoms with van der Waals surface area (Å²) in [6.07, 6.45) is 0. The summed E-state index contributed by atoms with van der Waals surface area (Å²) in [7, 11) is 0. The molecule has 0 aliphatic heterocycles. The molecule has 0 unspecified atom stereocenters. The number of hydrazone groups is 2.